The molecule has 0 aliphatic rings. The lowest BCUT2D eigenvalue weighted by molar-refractivity contribution is -0.113. The molecule has 0 radical (unpaired) electrons. The number of carbonyl (C=O) groups excluding carboxylic acids is 1. The number of halogens is 1. The molecule has 4 nitrogen and oxygen atoms in total. The Morgan fingerprint density at radius 1 is 1.42 bits per heavy atom. The largest absolute Gasteiger partial charge is 0.300 e. The topological polar surface area (TPSA) is 54.9 Å². The van der Waals surface area contributed by atoms with Crippen molar-refractivity contribution in [2.45, 2.75) is 18.7 Å². The number of amides is 1. The normalized spacial score (nSPS) is 10.5. The average molecular weight is 358 g/mol. The minimum Gasteiger partial charge on any atom is -0.300 e. The second kappa shape index (κ2) is 6.49. The van der Waals surface area contributed by atoms with Crippen molar-refractivity contribution in [3.63, 3.8) is 0 Å². The molecule has 0 saturated carbocycles. The van der Waals surface area contributed by atoms with Gasteiger partial charge in [-0.25, -0.2) is 0 Å². The fourth-order valence-corrected chi connectivity index (χ4v) is 3.26. The van der Waals surface area contributed by atoms with Gasteiger partial charge in [0.15, 0.2) is 0 Å². The van der Waals surface area contributed by atoms with E-state index < -0.39 is 0 Å². The molecule has 0 fully saturated rings. The number of nitrogens with zero attached hydrogens (tertiary/aromatic N) is 2. The first kappa shape index (κ1) is 14.5. The summed E-state index contributed by atoms with van der Waals surface area (Å²) in [5, 5.41) is 10.7. The van der Waals surface area contributed by atoms with Gasteiger partial charge >= 0.3 is 0 Å². The van der Waals surface area contributed by atoms with Crippen LogP contribution in [0.2, 0.25) is 0 Å². The zero-order valence-corrected chi connectivity index (χ0v) is 13.7. The molecular weight excluding hydrogens is 346 g/mol. The molecule has 0 aliphatic heterocycles. The van der Waals surface area contributed by atoms with Gasteiger partial charge in [-0.15, -0.1) is 22.0 Å². The number of aromatic nitrogens is 2. The van der Waals surface area contributed by atoms with Crippen LogP contribution in [0.25, 0.3) is 0 Å². The molecule has 1 aromatic carbocycles. The summed E-state index contributed by atoms with van der Waals surface area (Å²) in [5.41, 5.74) is 3.91. The molecule has 2 aromatic rings. The first-order valence-electron chi connectivity index (χ1n) is 5.52. The Labute approximate surface area is 128 Å². The Morgan fingerprint density at radius 3 is 2.89 bits per heavy atom. The number of thioether (sulfide) groups is 1. The van der Waals surface area contributed by atoms with Crippen molar-refractivity contribution in [3.05, 3.63) is 33.2 Å². The van der Waals surface area contributed by atoms with Crippen LogP contribution in [0.4, 0.5) is 5.13 Å². The van der Waals surface area contributed by atoms with Gasteiger partial charge in [0, 0.05) is 9.37 Å². The van der Waals surface area contributed by atoms with Gasteiger partial charge in [0.05, 0.1) is 5.75 Å². The molecule has 7 heteroatoms. The van der Waals surface area contributed by atoms with Crippen LogP contribution in [0.15, 0.2) is 27.0 Å². The molecule has 0 aliphatic carbocycles. The molecule has 19 heavy (non-hydrogen) atoms. The van der Waals surface area contributed by atoms with Crippen LogP contribution in [0.5, 0.6) is 0 Å². The second-order valence-electron chi connectivity index (χ2n) is 3.95. The van der Waals surface area contributed by atoms with Crippen LogP contribution >= 0.6 is 39.0 Å². The summed E-state index contributed by atoms with van der Waals surface area (Å²) in [6.45, 7) is 4.07. The molecule has 0 bridgehead atoms. The van der Waals surface area contributed by atoms with Gasteiger partial charge in [-0.1, -0.05) is 27.3 Å². The van der Waals surface area contributed by atoms with Crippen molar-refractivity contribution < 1.29 is 4.79 Å². The summed E-state index contributed by atoms with van der Waals surface area (Å²) >= 11 is 6.33. The van der Waals surface area contributed by atoms with Crippen molar-refractivity contribution >= 4 is 50.1 Å². The van der Waals surface area contributed by atoms with Crippen molar-refractivity contribution in [3.8, 4) is 0 Å². The third-order valence-corrected chi connectivity index (χ3v) is 5.04. The quantitative estimate of drug-likeness (QED) is 0.848. The molecule has 0 spiro atoms. The van der Waals surface area contributed by atoms with Crippen molar-refractivity contribution in [1.29, 1.82) is 0 Å². The smallest absolute Gasteiger partial charge is 0.236 e. The zero-order valence-electron chi connectivity index (χ0n) is 10.4. The molecule has 1 heterocycles. The van der Waals surface area contributed by atoms with Gasteiger partial charge in [0.1, 0.15) is 5.51 Å². The van der Waals surface area contributed by atoms with Crippen LogP contribution in [0.1, 0.15) is 11.1 Å². The van der Waals surface area contributed by atoms with Crippen molar-refractivity contribution in [1.82, 2.24) is 10.2 Å². The summed E-state index contributed by atoms with van der Waals surface area (Å²) in [5.74, 6) is 0.295. The lowest BCUT2D eigenvalue weighted by Crippen LogP contribution is -2.13. The Kier molecular flexibility index (Phi) is 4.95. The summed E-state index contributed by atoms with van der Waals surface area (Å²) in [6, 6.07) is 4.16. The molecule has 1 aromatic heterocycles. The predicted molar refractivity (Wildman–Crippen MR) is 82.9 cm³/mol. The number of rotatable bonds is 4. The number of hydrogen-bond acceptors (Lipinski definition) is 5. The van der Waals surface area contributed by atoms with Gasteiger partial charge in [-0.05, 0) is 37.1 Å². The monoisotopic (exact) mass is 357 g/mol. The molecule has 0 atom stereocenters. The third-order valence-electron chi connectivity index (χ3n) is 2.42. The SMILES string of the molecule is Cc1cc(SCC(=O)Nc2nncs2)c(C)cc1Br. The number of aryl methyl sites for hydroxylation is 2. The number of hydrogen-bond donors (Lipinski definition) is 1. The molecule has 1 N–H and O–H groups in total. The maximum Gasteiger partial charge on any atom is 0.236 e. The van der Waals surface area contributed by atoms with Crippen LogP contribution < -0.4 is 5.32 Å². The molecular formula is C12H12BrN3OS2. The standard InChI is InChI=1S/C12H12BrN3OS2/c1-7-4-10(8(2)3-9(7)13)18-5-11(17)15-12-16-14-6-19-12/h3-4,6H,5H2,1-2H3,(H,15,16,17). The van der Waals surface area contributed by atoms with E-state index in [-0.39, 0.29) is 5.91 Å². The highest BCUT2D eigenvalue weighted by Crippen LogP contribution is 2.28. The second-order valence-corrected chi connectivity index (χ2v) is 6.65. The van der Waals surface area contributed by atoms with Crippen LogP contribution in [0.3, 0.4) is 0 Å². The van der Waals surface area contributed by atoms with Crippen LogP contribution in [-0.2, 0) is 4.79 Å². The van der Waals surface area contributed by atoms with Gasteiger partial charge < -0.3 is 0 Å². The highest BCUT2D eigenvalue weighted by atomic mass is 79.9. The van der Waals surface area contributed by atoms with Crippen molar-refractivity contribution in [2.24, 2.45) is 0 Å². The van der Waals surface area contributed by atoms with Crippen LogP contribution in [0, 0.1) is 13.8 Å². The fraction of sp³-hybridized carbons (Fsp3) is 0.250. The maximum atomic E-state index is 11.7. The summed E-state index contributed by atoms with van der Waals surface area (Å²) in [7, 11) is 0. The first-order chi connectivity index (χ1) is 9.06. The van der Waals surface area contributed by atoms with Gasteiger partial charge in [0.2, 0.25) is 11.0 Å². The third kappa shape index (κ3) is 4.02. The number of carbonyl (C=O) groups is 1. The van der Waals surface area contributed by atoms with Crippen LogP contribution in [-0.4, -0.2) is 21.9 Å². The Balaban J connectivity index is 1.95. The lowest BCUT2D eigenvalue weighted by Gasteiger charge is -2.08. The molecule has 0 unspecified atom stereocenters. The zero-order chi connectivity index (χ0) is 13.8. The Hall–Kier alpha value is -0.920. The molecule has 100 valence electrons. The Bertz CT molecular complexity index is 587. The number of nitrogens with one attached hydrogen (secondary N) is 1. The van der Waals surface area contributed by atoms with Gasteiger partial charge in [0.25, 0.3) is 0 Å². The summed E-state index contributed by atoms with van der Waals surface area (Å²) < 4.78 is 1.09. The first-order valence-corrected chi connectivity index (χ1v) is 8.17. The van der Waals surface area contributed by atoms with E-state index in [0.29, 0.717) is 10.9 Å². The lowest BCUT2D eigenvalue weighted by atomic mass is 10.2. The van der Waals surface area contributed by atoms with E-state index in [1.807, 2.05) is 13.8 Å². The fourth-order valence-electron chi connectivity index (χ4n) is 1.44. The minimum absolute atomic E-state index is 0.0679. The van der Waals surface area contributed by atoms with E-state index >= 15 is 0 Å². The van der Waals surface area contributed by atoms with E-state index in [2.05, 4.69) is 43.6 Å². The predicted octanol–water partition coefficient (Wildman–Crippen LogP) is 3.65. The summed E-state index contributed by atoms with van der Waals surface area (Å²) in [6.07, 6.45) is 0. The number of anilines is 1. The Morgan fingerprint density at radius 2 is 2.21 bits per heavy atom. The number of benzene rings is 1. The van der Waals surface area contributed by atoms with E-state index in [0.717, 1.165) is 20.5 Å². The van der Waals surface area contributed by atoms with E-state index in [9.17, 15) is 4.79 Å². The molecule has 2 rings (SSSR count). The average Bonchev–Trinajstić information content (AvgIpc) is 2.85. The van der Waals surface area contributed by atoms with E-state index in [4.69, 9.17) is 0 Å². The summed E-state index contributed by atoms with van der Waals surface area (Å²) in [4.78, 5) is 12.9. The molecule has 0 saturated heterocycles. The van der Waals surface area contributed by atoms with Gasteiger partial charge in [-0.2, -0.15) is 0 Å². The minimum atomic E-state index is -0.0679. The van der Waals surface area contributed by atoms with E-state index in [1.54, 1.807) is 5.51 Å². The highest BCUT2D eigenvalue weighted by molar-refractivity contribution is 9.10. The van der Waals surface area contributed by atoms with E-state index in [1.165, 1.54) is 23.1 Å². The van der Waals surface area contributed by atoms with Crippen molar-refractivity contribution in [2.75, 3.05) is 11.1 Å². The van der Waals surface area contributed by atoms with Gasteiger partial charge in [-0.3, -0.25) is 10.1 Å². The molecule has 1 amide bonds. The maximum absolute atomic E-state index is 11.7. The highest BCUT2D eigenvalue weighted by Gasteiger charge is 2.08.